The van der Waals surface area contributed by atoms with Gasteiger partial charge >= 0.3 is 5.97 Å². The number of ether oxygens (including phenoxy) is 1. The molecule has 8 heteroatoms. The number of hydrogen-bond acceptors (Lipinski definition) is 6. The summed E-state index contributed by atoms with van der Waals surface area (Å²) in [5, 5.41) is 0. The number of amides is 2. The van der Waals surface area contributed by atoms with Crippen molar-refractivity contribution >= 4 is 57.3 Å². The van der Waals surface area contributed by atoms with E-state index >= 15 is 0 Å². The number of unbranched alkanes of at least 4 members (excludes halogenated alkanes) is 2. The minimum absolute atomic E-state index is 0.140. The van der Waals surface area contributed by atoms with Crippen molar-refractivity contribution in [3.05, 3.63) is 34.7 Å². The number of rotatable bonds is 9. The van der Waals surface area contributed by atoms with Gasteiger partial charge in [0.1, 0.15) is 4.32 Å². The highest BCUT2D eigenvalue weighted by molar-refractivity contribution is 8.26. The van der Waals surface area contributed by atoms with Crippen LogP contribution in [0, 0.1) is 0 Å². The molecule has 0 aromatic heterocycles. The SMILES string of the molecule is CCCCCN1C(=O)/C(=C2\SC(=S)N(CCCC(=O)OCC)C2=O)c2ccccc21. The quantitative estimate of drug-likeness (QED) is 0.246. The minimum Gasteiger partial charge on any atom is -0.466 e. The molecule has 6 nitrogen and oxygen atoms in total. The van der Waals surface area contributed by atoms with Crippen LogP contribution in [-0.4, -0.2) is 46.7 Å². The predicted molar refractivity (Wildman–Crippen MR) is 123 cm³/mol. The van der Waals surface area contributed by atoms with E-state index in [-0.39, 0.29) is 24.2 Å². The fourth-order valence-electron chi connectivity index (χ4n) is 3.60. The molecule has 1 aromatic carbocycles. The van der Waals surface area contributed by atoms with Gasteiger partial charge in [-0.15, -0.1) is 0 Å². The van der Waals surface area contributed by atoms with Crippen LogP contribution in [0.4, 0.5) is 5.69 Å². The molecule has 1 aromatic rings. The second-order valence-corrected chi connectivity index (χ2v) is 8.76. The molecule has 2 amide bonds. The van der Waals surface area contributed by atoms with Gasteiger partial charge in [-0.3, -0.25) is 19.3 Å². The highest BCUT2D eigenvalue weighted by atomic mass is 32.2. The van der Waals surface area contributed by atoms with Crippen molar-refractivity contribution in [2.75, 3.05) is 24.6 Å². The van der Waals surface area contributed by atoms with Crippen LogP contribution in [0.3, 0.4) is 0 Å². The summed E-state index contributed by atoms with van der Waals surface area (Å²) in [7, 11) is 0. The van der Waals surface area contributed by atoms with E-state index < -0.39 is 0 Å². The monoisotopic (exact) mass is 446 g/mol. The van der Waals surface area contributed by atoms with Crippen molar-refractivity contribution in [1.82, 2.24) is 4.90 Å². The Morgan fingerprint density at radius 3 is 2.50 bits per heavy atom. The van der Waals surface area contributed by atoms with E-state index in [1.807, 2.05) is 24.3 Å². The van der Waals surface area contributed by atoms with E-state index in [0.29, 0.717) is 40.9 Å². The third-order valence-corrected chi connectivity index (χ3v) is 6.50. The molecule has 30 heavy (non-hydrogen) atoms. The molecular weight excluding hydrogens is 420 g/mol. The van der Waals surface area contributed by atoms with Crippen molar-refractivity contribution in [3.8, 4) is 0 Å². The average Bonchev–Trinajstić information content (AvgIpc) is 3.16. The smallest absolute Gasteiger partial charge is 0.305 e. The summed E-state index contributed by atoms with van der Waals surface area (Å²) >= 11 is 6.58. The molecule has 0 aliphatic carbocycles. The van der Waals surface area contributed by atoms with E-state index in [0.717, 1.165) is 30.5 Å². The maximum Gasteiger partial charge on any atom is 0.305 e. The Bertz CT molecular complexity index is 897. The van der Waals surface area contributed by atoms with E-state index in [1.165, 1.54) is 16.7 Å². The van der Waals surface area contributed by atoms with Crippen LogP contribution < -0.4 is 4.90 Å². The van der Waals surface area contributed by atoms with Crippen LogP contribution in [0.25, 0.3) is 5.57 Å². The third kappa shape index (κ3) is 4.59. The molecule has 0 atom stereocenters. The Morgan fingerprint density at radius 2 is 1.77 bits per heavy atom. The van der Waals surface area contributed by atoms with Crippen molar-refractivity contribution in [3.63, 3.8) is 0 Å². The molecule has 160 valence electrons. The van der Waals surface area contributed by atoms with Crippen molar-refractivity contribution in [2.24, 2.45) is 0 Å². The zero-order valence-corrected chi connectivity index (χ0v) is 18.9. The standard InChI is InChI=1S/C22H26N2O4S2/c1-3-5-8-13-23-16-11-7-6-10-15(16)18(20(23)26)19-21(27)24(22(29)30-19)14-9-12-17(25)28-4-2/h6-7,10-11H,3-5,8-9,12-14H2,1-2H3/b19-18-. The van der Waals surface area contributed by atoms with Gasteiger partial charge in [-0.2, -0.15) is 0 Å². The van der Waals surface area contributed by atoms with Crippen LogP contribution in [-0.2, 0) is 19.1 Å². The predicted octanol–water partition coefficient (Wildman–Crippen LogP) is 4.14. The van der Waals surface area contributed by atoms with Gasteiger partial charge in [0, 0.05) is 25.1 Å². The number of fused-ring (bicyclic) bond motifs is 1. The lowest BCUT2D eigenvalue weighted by Gasteiger charge is -2.16. The van der Waals surface area contributed by atoms with Crippen LogP contribution in [0.15, 0.2) is 29.2 Å². The average molecular weight is 447 g/mol. The number of anilines is 1. The molecule has 2 heterocycles. The molecular formula is C22H26N2O4S2. The highest BCUT2D eigenvalue weighted by Crippen LogP contribution is 2.44. The molecule has 2 aliphatic rings. The van der Waals surface area contributed by atoms with Gasteiger partial charge in [0.25, 0.3) is 11.8 Å². The van der Waals surface area contributed by atoms with Crippen LogP contribution >= 0.6 is 24.0 Å². The molecule has 0 saturated carbocycles. The molecule has 0 unspecified atom stereocenters. The number of benzene rings is 1. The summed E-state index contributed by atoms with van der Waals surface area (Å²) in [5.74, 6) is -0.689. The second kappa shape index (κ2) is 10.2. The first-order chi connectivity index (χ1) is 14.5. The van der Waals surface area contributed by atoms with E-state index in [4.69, 9.17) is 17.0 Å². The Kier molecular flexibility index (Phi) is 7.66. The maximum absolute atomic E-state index is 13.3. The van der Waals surface area contributed by atoms with E-state index in [9.17, 15) is 14.4 Å². The Labute approximate surface area is 186 Å². The second-order valence-electron chi connectivity index (χ2n) is 7.12. The fourth-order valence-corrected chi connectivity index (χ4v) is 4.98. The molecule has 1 fully saturated rings. The first-order valence-corrected chi connectivity index (χ1v) is 11.6. The molecule has 0 N–H and O–H groups in total. The first kappa shape index (κ1) is 22.5. The summed E-state index contributed by atoms with van der Waals surface area (Å²) in [4.78, 5) is 41.5. The lowest BCUT2D eigenvalue weighted by Crippen LogP contribution is -2.31. The normalized spacial score (nSPS) is 18.4. The van der Waals surface area contributed by atoms with Gasteiger partial charge in [0.05, 0.1) is 22.8 Å². The lowest BCUT2D eigenvalue weighted by atomic mass is 10.1. The van der Waals surface area contributed by atoms with Crippen molar-refractivity contribution in [1.29, 1.82) is 0 Å². The van der Waals surface area contributed by atoms with Crippen LogP contribution in [0.5, 0.6) is 0 Å². The highest BCUT2D eigenvalue weighted by Gasteiger charge is 2.41. The number of hydrogen-bond donors (Lipinski definition) is 0. The fraction of sp³-hybridized carbons (Fsp3) is 0.455. The number of carbonyl (C=O) groups excluding carboxylic acids is 3. The zero-order valence-electron chi connectivity index (χ0n) is 17.3. The molecule has 1 saturated heterocycles. The molecule has 0 bridgehead atoms. The number of nitrogens with zero attached hydrogens (tertiary/aromatic N) is 2. The summed E-state index contributed by atoms with van der Waals surface area (Å²) in [6.07, 6.45) is 3.72. The Hall–Kier alpha value is -2.19. The number of thiocarbonyl (C=S) groups is 1. The van der Waals surface area contributed by atoms with Crippen LogP contribution in [0.2, 0.25) is 0 Å². The Morgan fingerprint density at radius 1 is 1.03 bits per heavy atom. The van der Waals surface area contributed by atoms with Crippen LogP contribution in [0.1, 0.15) is 51.5 Å². The summed E-state index contributed by atoms with van der Waals surface area (Å²) in [6.45, 7) is 5.18. The largest absolute Gasteiger partial charge is 0.466 e. The Balaban J connectivity index is 1.81. The van der Waals surface area contributed by atoms with Gasteiger partial charge in [-0.25, -0.2) is 0 Å². The zero-order chi connectivity index (χ0) is 21.7. The molecule has 0 radical (unpaired) electrons. The van der Waals surface area contributed by atoms with E-state index in [1.54, 1.807) is 11.8 Å². The lowest BCUT2D eigenvalue weighted by molar-refractivity contribution is -0.143. The first-order valence-electron chi connectivity index (χ1n) is 10.3. The number of para-hydroxylation sites is 1. The maximum atomic E-state index is 13.3. The van der Waals surface area contributed by atoms with Gasteiger partial charge in [0.15, 0.2) is 0 Å². The molecule has 0 spiro atoms. The van der Waals surface area contributed by atoms with Gasteiger partial charge in [-0.05, 0) is 25.8 Å². The topological polar surface area (TPSA) is 66.9 Å². The summed E-state index contributed by atoms with van der Waals surface area (Å²) < 4.78 is 5.35. The van der Waals surface area contributed by atoms with Crippen molar-refractivity contribution < 1.29 is 19.1 Å². The molecule has 2 aliphatic heterocycles. The van der Waals surface area contributed by atoms with Crippen molar-refractivity contribution in [2.45, 2.75) is 46.0 Å². The third-order valence-electron chi connectivity index (χ3n) is 5.05. The number of thioether (sulfide) groups is 1. The summed E-state index contributed by atoms with van der Waals surface area (Å²) in [5.41, 5.74) is 2.07. The van der Waals surface area contributed by atoms with Gasteiger partial charge < -0.3 is 9.64 Å². The van der Waals surface area contributed by atoms with Gasteiger partial charge in [-0.1, -0.05) is 61.9 Å². The van der Waals surface area contributed by atoms with Gasteiger partial charge in [0.2, 0.25) is 0 Å². The molecule has 3 rings (SSSR count). The summed E-state index contributed by atoms with van der Waals surface area (Å²) in [6, 6.07) is 7.59. The number of esters is 1. The number of carbonyl (C=O) groups is 3. The van der Waals surface area contributed by atoms with E-state index in [2.05, 4.69) is 6.92 Å². The minimum atomic E-state index is -0.288.